The fourth-order valence-electron chi connectivity index (χ4n) is 4.93. The Morgan fingerprint density at radius 1 is 0.844 bits per heavy atom. The third-order valence-corrected chi connectivity index (χ3v) is 12.9. The molecule has 0 unspecified atom stereocenters. The second-order valence-electron chi connectivity index (χ2n) is 13.3. The van der Waals surface area contributed by atoms with Crippen LogP contribution in [0, 0.1) is 13.8 Å². The number of carbonyl (C=O) groups is 2. The van der Waals surface area contributed by atoms with E-state index in [1.165, 1.54) is 5.56 Å². The van der Waals surface area contributed by atoms with Gasteiger partial charge in [-0.05, 0) is 97.2 Å². The standard InChI is InChI=1S/C35H46BNO7Si/c1-25-19-31(40-17-10-18-42-45(7,8)35(3,4)5)20-26(2)34(25)28-12-9-11-27(21-28)24-41-30-15-13-29(14-16-30)36-43-32(38)22-37(6)23-33(39)44-36/h9,11-16,19-21H,10,17-18,22-24H2,1-8H3. The van der Waals surface area contributed by atoms with E-state index in [1.54, 1.807) is 36.2 Å². The van der Waals surface area contributed by atoms with Gasteiger partial charge in [-0.1, -0.05) is 51.1 Å². The van der Waals surface area contributed by atoms with Gasteiger partial charge in [0.25, 0.3) is 0 Å². The highest BCUT2D eigenvalue weighted by molar-refractivity contribution is 6.74. The first-order chi connectivity index (χ1) is 21.2. The molecule has 0 amide bonds. The SMILES string of the molecule is Cc1cc(OCCCO[Si](C)(C)C(C)(C)C)cc(C)c1-c1cccc(COc2ccc(B3OC(=O)CN(C)CC(=O)O3)cc2)c1. The van der Waals surface area contributed by atoms with Crippen LogP contribution in [0.4, 0.5) is 0 Å². The van der Waals surface area contributed by atoms with E-state index in [-0.39, 0.29) is 18.1 Å². The van der Waals surface area contributed by atoms with Gasteiger partial charge in [-0.2, -0.15) is 0 Å². The average molecular weight is 632 g/mol. The number of hydrogen-bond donors (Lipinski definition) is 0. The van der Waals surface area contributed by atoms with E-state index in [0.29, 0.717) is 24.4 Å². The summed E-state index contributed by atoms with van der Waals surface area (Å²) in [6.45, 7) is 17.3. The zero-order valence-corrected chi connectivity index (χ0v) is 28.9. The van der Waals surface area contributed by atoms with E-state index < -0.39 is 27.4 Å². The van der Waals surface area contributed by atoms with Crippen molar-refractivity contribution in [3.63, 3.8) is 0 Å². The molecule has 0 bridgehead atoms. The Morgan fingerprint density at radius 2 is 1.47 bits per heavy atom. The van der Waals surface area contributed by atoms with Crippen molar-refractivity contribution in [3.05, 3.63) is 77.4 Å². The Hall–Kier alpha value is -3.60. The van der Waals surface area contributed by atoms with Gasteiger partial charge in [0, 0.05) is 18.5 Å². The average Bonchev–Trinajstić information content (AvgIpc) is 2.94. The molecule has 3 aromatic rings. The number of aryl methyl sites for hydroxylation is 2. The second-order valence-corrected chi connectivity index (χ2v) is 18.1. The fraction of sp³-hybridized carbons (Fsp3) is 0.429. The molecule has 0 saturated carbocycles. The van der Waals surface area contributed by atoms with Crippen LogP contribution in [0.25, 0.3) is 11.1 Å². The van der Waals surface area contributed by atoms with Gasteiger partial charge in [-0.3, -0.25) is 14.5 Å². The number of ether oxygens (including phenoxy) is 2. The van der Waals surface area contributed by atoms with Crippen LogP contribution in [-0.4, -0.2) is 65.6 Å². The van der Waals surface area contributed by atoms with Crippen molar-refractivity contribution in [3.8, 4) is 22.6 Å². The minimum atomic E-state index is -1.74. The van der Waals surface area contributed by atoms with Crippen molar-refractivity contribution < 1.29 is 32.8 Å². The summed E-state index contributed by atoms with van der Waals surface area (Å²) in [5, 5.41) is 0.206. The van der Waals surface area contributed by atoms with E-state index >= 15 is 0 Å². The number of likely N-dealkylation sites (N-methyl/N-ethyl adjacent to an activating group) is 1. The quantitative estimate of drug-likeness (QED) is 0.187. The molecular weight excluding hydrogens is 585 g/mol. The topological polar surface area (TPSA) is 83.5 Å². The molecule has 0 radical (unpaired) electrons. The molecule has 10 heteroatoms. The van der Waals surface area contributed by atoms with E-state index in [2.05, 4.69) is 72.0 Å². The first kappa shape index (κ1) is 34.3. The van der Waals surface area contributed by atoms with Crippen LogP contribution < -0.4 is 14.9 Å². The van der Waals surface area contributed by atoms with E-state index in [4.69, 9.17) is 23.2 Å². The highest BCUT2D eigenvalue weighted by Gasteiger charge is 2.37. The molecule has 45 heavy (non-hydrogen) atoms. The molecule has 0 aliphatic carbocycles. The Kier molecular flexibility index (Phi) is 11.2. The zero-order valence-electron chi connectivity index (χ0n) is 27.9. The van der Waals surface area contributed by atoms with Gasteiger partial charge >= 0.3 is 19.1 Å². The molecule has 1 aliphatic rings. The molecule has 3 aromatic carbocycles. The predicted molar refractivity (Wildman–Crippen MR) is 180 cm³/mol. The fourth-order valence-corrected chi connectivity index (χ4v) is 6.02. The molecule has 0 atom stereocenters. The van der Waals surface area contributed by atoms with Crippen molar-refractivity contribution in [1.82, 2.24) is 4.90 Å². The predicted octanol–water partition coefficient (Wildman–Crippen LogP) is 6.07. The minimum Gasteiger partial charge on any atom is -0.494 e. The lowest BCUT2D eigenvalue weighted by Crippen LogP contribution is -2.47. The number of benzene rings is 3. The summed E-state index contributed by atoms with van der Waals surface area (Å²) in [5.74, 6) is 0.618. The normalized spacial score (nSPS) is 14.8. The van der Waals surface area contributed by atoms with Crippen molar-refractivity contribution in [2.45, 2.75) is 65.8 Å². The molecular formula is C35H46BNO7Si. The molecule has 0 N–H and O–H groups in total. The molecule has 4 rings (SSSR count). The van der Waals surface area contributed by atoms with Gasteiger partial charge < -0.3 is 23.2 Å². The highest BCUT2D eigenvalue weighted by atomic mass is 28.4. The van der Waals surface area contributed by atoms with Crippen LogP contribution in [0.3, 0.4) is 0 Å². The second kappa shape index (κ2) is 14.7. The molecule has 0 aromatic heterocycles. The third kappa shape index (κ3) is 9.45. The maximum absolute atomic E-state index is 12.1. The van der Waals surface area contributed by atoms with E-state index in [0.717, 1.165) is 41.0 Å². The van der Waals surface area contributed by atoms with Crippen molar-refractivity contribution in [2.24, 2.45) is 0 Å². The van der Waals surface area contributed by atoms with E-state index in [1.807, 2.05) is 12.1 Å². The van der Waals surface area contributed by atoms with Crippen molar-refractivity contribution in [1.29, 1.82) is 0 Å². The molecule has 1 fully saturated rings. The molecule has 1 aliphatic heterocycles. The number of rotatable bonds is 11. The molecule has 8 nitrogen and oxygen atoms in total. The van der Waals surface area contributed by atoms with Gasteiger partial charge in [-0.25, -0.2) is 0 Å². The highest BCUT2D eigenvalue weighted by Crippen LogP contribution is 2.36. The van der Waals surface area contributed by atoms with Gasteiger partial charge in [-0.15, -0.1) is 0 Å². The Labute approximate surface area is 269 Å². The summed E-state index contributed by atoms with van der Waals surface area (Å²) in [6.07, 6.45) is 0.858. The minimum absolute atomic E-state index is 0.0243. The van der Waals surface area contributed by atoms with Crippen LogP contribution in [-0.2, 0) is 29.9 Å². The molecule has 1 saturated heterocycles. The number of nitrogens with zero attached hydrogens (tertiary/aromatic N) is 1. The Bertz CT molecular complexity index is 1440. The summed E-state index contributed by atoms with van der Waals surface area (Å²) in [6, 6.07) is 19.6. The Morgan fingerprint density at radius 3 is 2.07 bits per heavy atom. The Balaban J connectivity index is 1.33. The molecule has 240 valence electrons. The van der Waals surface area contributed by atoms with Gasteiger partial charge in [0.15, 0.2) is 8.32 Å². The first-order valence-corrected chi connectivity index (χ1v) is 18.4. The maximum atomic E-state index is 12.1. The first-order valence-electron chi connectivity index (χ1n) is 15.5. The number of hydrogen-bond acceptors (Lipinski definition) is 8. The summed E-state index contributed by atoms with van der Waals surface area (Å²) in [7, 11) is -1.15. The van der Waals surface area contributed by atoms with Crippen LogP contribution in [0.1, 0.15) is 43.9 Å². The van der Waals surface area contributed by atoms with Gasteiger partial charge in [0.2, 0.25) is 0 Å². The van der Waals surface area contributed by atoms with Crippen molar-refractivity contribution >= 4 is 32.8 Å². The van der Waals surface area contributed by atoms with Crippen LogP contribution in [0.5, 0.6) is 11.5 Å². The van der Waals surface area contributed by atoms with Crippen LogP contribution >= 0.6 is 0 Å². The third-order valence-electron chi connectivity index (χ3n) is 8.38. The monoisotopic (exact) mass is 631 g/mol. The maximum Gasteiger partial charge on any atom is 0.636 e. The van der Waals surface area contributed by atoms with Crippen LogP contribution in [0.15, 0.2) is 60.7 Å². The lowest BCUT2D eigenvalue weighted by molar-refractivity contribution is -0.145. The van der Waals surface area contributed by atoms with Crippen LogP contribution in [0.2, 0.25) is 18.1 Å². The number of carbonyl (C=O) groups excluding carboxylic acids is 2. The van der Waals surface area contributed by atoms with Crippen molar-refractivity contribution in [2.75, 3.05) is 33.4 Å². The molecule has 1 heterocycles. The summed E-state index contributed by atoms with van der Waals surface area (Å²) in [4.78, 5) is 25.7. The largest absolute Gasteiger partial charge is 0.636 e. The lowest BCUT2D eigenvalue weighted by Gasteiger charge is -2.36. The molecule has 0 spiro atoms. The zero-order chi connectivity index (χ0) is 32.8. The summed E-state index contributed by atoms with van der Waals surface area (Å²) in [5.41, 5.74) is 6.20. The summed E-state index contributed by atoms with van der Waals surface area (Å²) >= 11 is 0. The summed E-state index contributed by atoms with van der Waals surface area (Å²) < 4.78 is 29.1. The van der Waals surface area contributed by atoms with Gasteiger partial charge in [0.1, 0.15) is 18.1 Å². The van der Waals surface area contributed by atoms with Gasteiger partial charge in [0.05, 0.1) is 19.7 Å². The lowest BCUT2D eigenvalue weighted by atomic mass is 9.78. The van der Waals surface area contributed by atoms with E-state index in [9.17, 15) is 9.59 Å². The smallest absolute Gasteiger partial charge is 0.494 e.